The van der Waals surface area contributed by atoms with Gasteiger partial charge >= 0.3 is 0 Å². The lowest BCUT2D eigenvalue weighted by Gasteiger charge is -2.16. The zero-order valence-electron chi connectivity index (χ0n) is 9.90. The molecule has 0 aliphatic heterocycles. The Morgan fingerprint density at radius 3 is 2.76 bits per heavy atom. The first-order chi connectivity index (χ1) is 7.91. The fourth-order valence-electron chi connectivity index (χ4n) is 1.39. The van der Waals surface area contributed by atoms with E-state index in [1.165, 1.54) is 6.07 Å². The average molecular weight is 240 g/mol. The quantitative estimate of drug-likeness (QED) is 0.706. The minimum atomic E-state index is -1.23. The molecule has 0 saturated carbocycles. The van der Waals surface area contributed by atoms with Crippen LogP contribution in [-0.2, 0) is 4.79 Å². The van der Waals surface area contributed by atoms with Gasteiger partial charge in [-0.1, -0.05) is 12.1 Å². The predicted molar refractivity (Wildman–Crippen MR) is 62.8 cm³/mol. The zero-order valence-corrected chi connectivity index (χ0v) is 9.90. The summed E-state index contributed by atoms with van der Waals surface area (Å²) in [5, 5.41) is 12.1. The minimum Gasteiger partial charge on any atom is -0.382 e. The molecule has 0 heterocycles. The SMILES string of the molecule is Cc1ccc(C(C)NCC(O)C(N)=O)cc1F. The number of nitrogens with one attached hydrogen (secondary N) is 1. The minimum absolute atomic E-state index is 0.0476. The van der Waals surface area contributed by atoms with Crippen molar-refractivity contribution in [2.75, 3.05) is 6.54 Å². The molecule has 1 aromatic carbocycles. The van der Waals surface area contributed by atoms with E-state index in [0.717, 1.165) is 5.56 Å². The summed E-state index contributed by atoms with van der Waals surface area (Å²) < 4.78 is 13.3. The van der Waals surface area contributed by atoms with Crippen molar-refractivity contribution in [3.05, 3.63) is 35.1 Å². The molecule has 17 heavy (non-hydrogen) atoms. The van der Waals surface area contributed by atoms with Gasteiger partial charge < -0.3 is 16.2 Å². The molecule has 0 saturated heterocycles. The number of hydrogen-bond donors (Lipinski definition) is 3. The molecule has 4 N–H and O–H groups in total. The summed E-state index contributed by atoms with van der Waals surface area (Å²) in [7, 11) is 0. The molecule has 5 heteroatoms. The maximum Gasteiger partial charge on any atom is 0.247 e. The number of aliphatic hydroxyl groups excluding tert-OH is 1. The van der Waals surface area contributed by atoms with Crippen molar-refractivity contribution < 1.29 is 14.3 Å². The summed E-state index contributed by atoms with van der Waals surface area (Å²) in [4.78, 5) is 10.6. The Labute approximate surface area is 99.6 Å². The van der Waals surface area contributed by atoms with E-state index in [9.17, 15) is 14.3 Å². The Hall–Kier alpha value is -1.46. The lowest BCUT2D eigenvalue weighted by molar-refractivity contribution is -0.125. The van der Waals surface area contributed by atoms with Crippen LogP contribution in [-0.4, -0.2) is 23.7 Å². The molecular formula is C12H17FN2O2. The highest BCUT2D eigenvalue weighted by molar-refractivity contribution is 5.78. The molecule has 0 aliphatic rings. The zero-order chi connectivity index (χ0) is 13.0. The maximum atomic E-state index is 13.3. The molecule has 1 amide bonds. The molecular weight excluding hydrogens is 223 g/mol. The van der Waals surface area contributed by atoms with E-state index in [0.29, 0.717) is 5.56 Å². The highest BCUT2D eigenvalue weighted by Crippen LogP contribution is 2.16. The third kappa shape index (κ3) is 3.80. The summed E-state index contributed by atoms with van der Waals surface area (Å²) in [6.45, 7) is 3.55. The van der Waals surface area contributed by atoms with Crippen LogP contribution >= 0.6 is 0 Å². The number of amides is 1. The van der Waals surface area contributed by atoms with Gasteiger partial charge in [-0.25, -0.2) is 4.39 Å². The van der Waals surface area contributed by atoms with E-state index >= 15 is 0 Å². The lowest BCUT2D eigenvalue weighted by atomic mass is 10.1. The van der Waals surface area contributed by atoms with Crippen molar-refractivity contribution in [2.45, 2.75) is 26.0 Å². The maximum absolute atomic E-state index is 13.3. The van der Waals surface area contributed by atoms with Gasteiger partial charge in [0.25, 0.3) is 0 Å². The molecule has 2 unspecified atom stereocenters. The van der Waals surface area contributed by atoms with Crippen LogP contribution in [0.25, 0.3) is 0 Å². The number of aryl methyl sites for hydroxylation is 1. The molecule has 0 fully saturated rings. The third-order valence-electron chi connectivity index (χ3n) is 2.64. The van der Waals surface area contributed by atoms with Crippen LogP contribution in [0.15, 0.2) is 18.2 Å². The van der Waals surface area contributed by atoms with Crippen LogP contribution in [0.5, 0.6) is 0 Å². The fraction of sp³-hybridized carbons (Fsp3) is 0.417. The van der Waals surface area contributed by atoms with Gasteiger partial charge in [-0.05, 0) is 31.0 Å². The average Bonchev–Trinajstić information content (AvgIpc) is 2.28. The number of carbonyl (C=O) groups is 1. The number of benzene rings is 1. The van der Waals surface area contributed by atoms with Gasteiger partial charge in [0.05, 0.1) is 0 Å². The molecule has 0 aromatic heterocycles. The van der Waals surface area contributed by atoms with E-state index in [1.807, 2.05) is 6.92 Å². The number of rotatable bonds is 5. The van der Waals surface area contributed by atoms with Gasteiger partial charge in [-0.15, -0.1) is 0 Å². The Morgan fingerprint density at radius 2 is 2.24 bits per heavy atom. The summed E-state index contributed by atoms with van der Waals surface area (Å²) in [6, 6.07) is 4.75. The molecule has 4 nitrogen and oxygen atoms in total. The van der Waals surface area contributed by atoms with Gasteiger partial charge in [0.2, 0.25) is 5.91 Å². The van der Waals surface area contributed by atoms with Gasteiger partial charge in [-0.3, -0.25) is 4.79 Å². The monoisotopic (exact) mass is 240 g/mol. The van der Waals surface area contributed by atoms with E-state index in [-0.39, 0.29) is 18.4 Å². The van der Waals surface area contributed by atoms with Gasteiger partial charge in [-0.2, -0.15) is 0 Å². The molecule has 0 spiro atoms. The number of hydrogen-bond acceptors (Lipinski definition) is 3. The van der Waals surface area contributed by atoms with E-state index < -0.39 is 12.0 Å². The van der Waals surface area contributed by atoms with Crippen LogP contribution in [0.4, 0.5) is 4.39 Å². The van der Waals surface area contributed by atoms with Crippen molar-refractivity contribution in [3.8, 4) is 0 Å². The van der Waals surface area contributed by atoms with Crippen LogP contribution in [0.2, 0.25) is 0 Å². The molecule has 0 aliphatic carbocycles. The standard InChI is InChI=1S/C12H17FN2O2/c1-7-3-4-9(5-10(7)13)8(2)15-6-11(16)12(14)17/h3-5,8,11,15-16H,6H2,1-2H3,(H2,14,17). The molecule has 94 valence electrons. The Kier molecular flexibility index (Phi) is 4.60. The smallest absolute Gasteiger partial charge is 0.247 e. The predicted octanol–water partition coefficient (Wildman–Crippen LogP) is 0.631. The van der Waals surface area contributed by atoms with Crippen LogP contribution in [0, 0.1) is 12.7 Å². The van der Waals surface area contributed by atoms with Crippen molar-refractivity contribution in [1.29, 1.82) is 0 Å². The van der Waals surface area contributed by atoms with Gasteiger partial charge in [0.15, 0.2) is 0 Å². The van der Waals surface area contributed by atoms with Crippen molar-refractivity contribution in [2.24, 2.45) is 5.73 Å². The first kappa shape index (κ1) is 13.6. The number of halogens is 1. The number of aliphatic hydroxyl groups is 1. The van der Waals surface area contributed by atoms with E-state index in [2.05, 4.69) is 5.32 Å². The molecule has 1 aromatic rings. The number of carbonyl (C=O) groups excluding carboxylic acids is 1. The number of primary amides is 1. The number of nitrogens with two attached hydrogens (primary N) is 1. The third-order valence-corrected chi connectivity index (χ3v) is 2.64. The second-order valence-electron chi connectivity index (χ2n) is 4.06. The highest BCUT2D eigenvalue weighted by Gasteiger charge is 2.13. The van der Waals surface area contributed by atoms with Crippen molar-refractivity contribution in [1.82, 2.24) is 5.32 Å². The van der Waals surface area contributed by atoms with Crippen LogP contribution in [0.3, 0.4) is 0 Å². The topological polar surface area (TPSA) is 75.3 Å². The second-order valence-corrected chi connectivity index (χ2v) is 4.06. The summed E-state index contributed by atoms with van der Waals surface area (Å²) in [5.74, 6) is -1.05. The van der Waals surface area contributed by atoms with Crippen molar-refractivity contribution in [3.63, 3.8) is 0 Å². The molecule has 2 atom stereocenters. The summed E-state index contributed by atoms with van der Waals surface area (Å²) in [6.07, 6.45) is -1.23. The first-order valence-electron chi connectivity index (χ1n) is 5.38. The fourth-order valence-corrected chi connectivity index (χ4v) is 1.39. The Morgan fingerprint density at radius 1 is 1.59 bits per heavy atom. The largest absolute Gasteiger partial charge is 0.382 e. The molecule has 0 bridgehead atoms. The van der Waals surface area contributed by atoms with Gasteiger partial charge in [0, 0.05) is 12.6 Å². The van der Waals surface area contributed by atoms with E-state index in [1.54, 1.807) is 19.1 Å². The van der Waals surface area contributed by atoms with Crippen LogP contribution in [0.1, 0.15) is 24.1 Å². The van der Waals surface area contributed by atoms with Gasteiger partial charge in [0.1, 0.15) is 11.9 Å². The molecule has 0 radical (unpaired) electrons. The van der Waals surface area contributed by atoms with E-state index in [4.69, 9.17) is 5.73 Å². The van der Waals surface area contributed by atoms with Crippen LogP contribution < -0.4 is 11.1 Å². The lowest BCUT2D eigenvalue weighted by Crippen LogP contribution is -2.38. The second kappa shape index (κ2) is 5.75. The Bertz CT molecular complexity index is 409. The Balaban J connectivity index is 2.60. The normalized spacial score (nSPS) is 14.4. The summed E-state index contributed by atoms with van der Waals surface area (Å²) in [5.41, 5.74) is 6.25. The highest BCUT2D eigenvalue weighted by atomic mass is 19.1. The summed E-state index contributed by atoms with van der Waals surface area (Å²) >= 11 is 0. The van der Waals surface area contributed by atoms with Crippen molar-refractivity contribution >= 4 is 5.91 Å². The first-order valence-corrected chi connectivity index (χ1v) is 5.38. The molecule has 1 rings (SSSR count).